The number of fused-ring (bicyclic) bond motifs is 1. The third-order valence-electron chi connectivity index (χ3n) is 7.13. The molecule has 5 unspecified atom stereocenters. The quantitative estimate of drug-likeness (QED) is 0.156. The summed E-state index contributed by atoms with van der Waals surface area (Å²) in [6, 6.07) is 3.35. The fourth-order valence-electron chi connectivity index (χ4n) is 4.38. The van der Waals surface area contributed by atoms with E-state index >= 15 is 0 Å². The molecular weight excluding hydrogens is 514 g/mol. The van der Waals surface area contributed by atoms with Gasteiger partial charge in [0.1, 0.15) is 18.1 Å². The summed E-state index contributed by atoms with van der Waals surface area (Å²) in [5.74, 6) is -3.43. The molecular formula is C28H39N7O5. The monoisotopic (exact) mass is 553 g/mol. The Kier molecular flexibility index (Phi) is 10.4. The fraction of sp³-hybridized carbons (Fsp3) is 0.464. The number of aliphatic carboxylic acids is 1. The molecule has 0 bridgehead atoms. The van der Waals surface area contributed by atoms with Crippen LogP contribution in [-0.2, 0) is 32.0 Å². The van der Waals surface area contributed by atoms with Crippen LogP contribution in [0.25, 0.3) is 10.9 Å². The van der Waals surface area contributed by atoms with Gasteiger partial charge in [0.05, 0.1) is 12.4 Å². The Bertz CT molecular complexity index is 1300. The molecule has 0 aliphatic carbocycles. The highest BCUT2D eigenvalue weighted by Gasteiger charge is 2.32. The largest absolute Gasteiger partial charge is 0.480 e. The minimum Gasteiger partial charge on any atom is -0.480 e. The van der Waals surface area contributed by atoms with Gasteiger partial charge in [0.15, 0.2) is 0 Å². The Labute approximate surface area is 232 Å². The molecule has 0 radical (unpaired) electrons. The van der Waals surface area contributed by atoms with Gasteiger partial charge in [-0.3, -0.25) is 14.4 Å². The summed E-state index contributed by atoms with van der Waals surface area (Å²) in [6.45, 7) is 7.14. The first kappa shape index (κ1) is 30.4. The van der Waals surface area contributed by atoms with Crippen LogP contribution in [-0.4, -0.2) is 67.9 Å². The number of carboxylic acids is 1. The van der Waals surface area contributed by atoms with Crippen molar-refractivity contribution in [2.75, 3.05) is 0 Å². The van der Waals surface area contributed by atoms with E-state index in [-0.39, 0.29) is 24.7 Å². The second-order valence-corrected chi connectivity index (χ2v) is 10.4. The summed E-state index contributed by atoms with van der Waals surface area (Å²) < 4.78 is 0. The summed E-state index contributed by atoms with van der Waals surface area (Å²) in [5, 5.41) is 18.5. The lowest BCUT2D eigenvalue weighted by molar-refractivity contribution is -0.143. The molecule has 12 nitrogen and oxygen atoms in total. The fourth-order valence-corrected chi connectivity index (χ4v) is 4.38. The van der Waals surface area contributed by atoms with E-state index < -0.39 is 47.9 Å². The van der Waals surface area contributed by atoms with Crippen molar-refractivity contribution < 1.29 is 24.3 Å². The normalized spacial score (nSPS) is 15.2. The molecule has 216 valence electrons. The summed E-state index contributed by atoms with van der Waals surface area (Å²) in [4.78, 5) is 61.8. The standard InChI is InChI=1S/C28H39N7O5/c1-5-16(4)23(29)27(38)34-22(11-18-13-30-14-32-18)25(36)33-21(26(37)35-24(15(2)3)28(39)40)10-17-12-31-20-9-7-6-8-19(17)20/h6-9,12-16,21-24,31H,5,10-11,29H2,1-4H3,(H,30,32)(H,33,36)(H,34,38)(H,35,37)(H,39,40). The smallest absolute Gasteiger partial charge is 0.326 e. The number of nitrogens with two attached hydrogens (primary N) is 1. The van der Waals surface area contributed by atoms with Gasteiger partial charge in [0.2, 0.25) is 17.7 Å². The maximum atomic E-state index is 13.6. The van der Waals surface area contributed by atoms with Gasteiger partial charge in [-0.25, -0.2) is 9.78 Å². The van der Waals surface area contributed by atoms with E-state index in [4.69, 9.17) is 5.73 Å². The molecule has 0 saturated heterocycles. The van der Waals surface area contributed by atoms with Crippen molar-refractivity contribution in [1.29, 1.82) is 0 Å². The van der Waals surface area contributed by atoms with E-state index in [2.05, 4.69) is 30.9 Å². The number of carboxylic acid groups (broad SMARTS) is 1. The maximum Gasteiger partial charge on any atom is 0.326 e. The summed E-state index contributed by atoms with van der Waals surface area (Å²) >= 11 is 0. The number of aromatic amines is 2. The Hall–Kier alpha value is -4.19. The van der Waals surface area contributed by atoms with Gasteiger partial charge in [0.25, 0.3) is 0 Å². The van der Waals surface area contributed by atoms with Crippen LogP contribution in [0, 0.1) is 11.8 Å². The van der Waals surface area contributed by atoms with E-state index in [9.17, 15) is 24.3 Å². The second kappa shape index (κ2) is 13.7. The molecule has 12 heteroatoms. The van der Waals surface area contributed by atoms with Gasteiger partial charge in [-0.1, -0.05) is 52.3 Å². The van der Waals surface area contributed by atoms with Gasteiger partial charge >= 0.3 is 5.97 Å². The molecule has 0 aliphatic heterocycles. The van der Waals surface area contributed by atoms with Crippen LogP contribution in [0.3, 0.4) is 0 Å². The first-order chi connectivity index (χ1) is 19.0. The summed E-state index contributed by atoms with van der Waals surface area (Å²) in [7, 11) is 0. The van der Waals surface area contributed by atoms with Crippen LogP contribution in [0.2, 0.25) is 0 Å². The SMILES string of the molecule is CCC(C)C(N)C(=O)NC(Cc1cnc[nH]1)C(=O)NC(Cc1c[nH]c2ccccc12)C(=O)NC(C(=O)O)C(C)C. The van der Waals surface area contributed by atoms with Gasteiger partial charge < -0.3 is 36.8 Å². The van der Waals surface area contributed by atoms with Gasteiger partial charge in [-0.15, -0.1) is 0 Å². The molecule has 1 aromatic carbocycles. The van der Waals surface area contributed by atoms with Crippen molar-refractivity contribution >= 4 is 34.6 Å². The Morgan fingerprint density at radius 2 is 1.60 bits per heavy atom. The number of hydrogen-bond donors (Lipinski definition) is 7. The molecule has 0 saturated carbocycles. The van der Waals surface area contributed by atoms with E-state index in [0.29, 0.717) is 12.1 Å². The lowest BCUT2D eigenvalue weighted by atomic mass is 9.98. The molecule has 0 spiro atoms. The topological polar surface area (TPSA) is 195 Å². The second-order valence-electron chi connectivity index (χ2n) is 10.4. The van der Waals surface area contributed by atoms with Crippen LogP contribution in [0.4, 0.5) is 0 Å². The number of amides is 3. The number of benzene rings is 1. The highest BCUT2D eigenvalue weighted by atomic mass is 16.4. The van der Waals surface area contributed by atoms with Gasteiger partial charge in [-0.05, 0) is 23.5 Å². The van der Waals surface area contributed by atoms with Gasteiger partial charge in [-0.2, -0.15) is 0 Å². The average Bonchev–Trinajstić information content (AvgIpc) is 3.59. The molecule has 40 heavy (non-hydrogen) atoms. The maximum absolute atomic E-state index is 13.6. The lowest BCUT2D eigenvalue weighted by Crippen LogP contribution is -2.59. The van der Waals surface area contributed by atoms with Crippen molar-refractivity contribution in [3.8, 4) is 0 Å². The summed E-state index contributed by atoms with van der Waals surface area (Å²) in [5.41, 5.74) is 8.33. The van der Waals surface area contributed by atoms with E-state index in [0.717, 1.165) is 16.5 Å². The van der Waals surface area contributed by atoms with Gasteiger partial charge in [0, 0.05) is 41.8 Å². The number of nitrogens with zero attached hydrogens (tertiary/aromatic N) is 1. The number of aromatic nitrogens is 3. The van der Waals surface area contributed by atoms with E-state index in [1.807, 2.05) is 38.1 Å². The third-order valence-corrected chi connectivity index (χ3v) is 7.13. The van der Waals surface area contributed by atoms with Crippen LogP contribution >= 0.6 is 0 Å². The van der Waals surface area contributed by atoms with E-state index in [1.165, 1.54) is 12.5 Å². The zero-order chi connectivity index (χ0) is 29.4. The molecule has 0 aliphatic rings. The minimum atomic E-state index is -1.18. The molecule has 5 atom stereocenters. The number of carbonyl (C=O) groups excluding carboxylic acids is 3. The van der Waals surface area contributed by atoms with Crippen molar-refractivity contribution in [2.45, 2.75) is 71.1 Å². The van der Waals surface area contributed by atoms with Crippen LogP contribution in [0.5, 0.6) is 0 Å². The third kappa shape index (κ3) is 7.69. The molecule has 3 aromatic rings. The number of rotatable bonds is 14. The number of hydrogen-bond acceptors (Lipinski definition) is 6. The number of carbonyl (C=O) groups is 4. The van der Waals surface area contributed by atoms with Crippen molar-refractivity contribution in [3.05, 3.63) is 54.2 Å². The Morgan fingerprint density at radius 1 is 0.950 bits per heavy atom. The molecule has 3 rings (SSSR count). The first-order valence-electron chi connectivity index (χ1n) is 13.4. The lowest BCUT2D eigenvalue weighted by Gasteiger charge is -2.26. The number of imidazole rings is 1. The van der Waals surface area contributed by atoms with Crippen LogP contribution in [0.1, 0.15) is 45.4 Å². The van der Waals surface area contributed by atoms with Crippen molar-refractivity contribution in [3.63, 3.8) is 0 Å². The summed E-state index contributed by atoms with van der Waals surface area (Å²) in [6.07, 6.45) is 5.60. The van der Waals surface area contributed by atoms with E-state index in [1.54, 1.807) is 20.0 Å². The highest BCUT2D eigenvalue weighted by Crippen LogP contribution is 2.19. The Morgan fingerprint density at radius 3 is 2.23 bits per heavy atom. The van der Waals surface area contributed by atoms with Crippen molar-refractivity contribution in [1.82, 2.24) is 30.9 Å². The zero-order valence-corrected chi connectivity index (χ0v) is 23.2. The molecule has 0 fully saturated rings. The highest BCUT2D eigenvalue weighted by molar-refractivity contribution is 5.95. The number of nitrogens with one attached hydrogen (secondary N) is 5. The predicted molar refractivity (Wildman–Crippen MR) is 150 cm³/mol. The average molecular weight is 554 g/mol. The molecule has 3 amide bonds. The minimum absolute atomic E-state index is 0.0793. The zero-order valence-electron chi connectivity index (χ0n) is 23.2. The Balaban J connectivity index is 1.89. The number of H-pyrrole nitrogens is 2. The number of para-hydroxylation sites is 1. The molecule has 8 N–H and O–H groups in total. The first-order valence-corrected chi connectivity index (χ1v) is 13.4. The molecule has 2 aromatic heterocycles. The molecule has 2 heterocycles. The van der Waals surface area contributed by atoms with Crippen LogP contribution in [0.15, 0.2) is 43.0 Å². The van der Waals surface area contributed by atoms with Crippen LogP contribution < -0.4 is 21.7 Å². The van der Waals surface area contributed by atoms with Crippen molar-refractivity contribution in [2.24, 2.45) is 17.6 Å². The predicted octanol–water partition coefficient (Wildman–Crippen LogP) is 1.24.